The second-order valence-corrected chi connectivity index (χ2v) is 9.33. The highest BCUT2D eigenvalue weighted by Gasteiger charge is 2.27. The van der Waals surface area contributed by atoms with Gasteiger partial charge in [0.1, 0.15) is 0 Å². The highest BCUT2D eigenvalue weighted by Crippen LogP contribution is 2.30. The van der Waals surface area contributed by atoms with Crippen LogP contribution in [0, 0.1) is 0 Å². The Labute approximate surface area is 165 Å². The van der Waals surface area contributed by atoms with Crippen molar-refractivity contribution in [3.8, 4) is 5.69 Å². The molecule has 28 heavy (non-hydrogen) atoms. The molecule has 0 saturated carbocycles. The van der Waals surface area contributed by atoms with Crippen LogP contribution in [0.25, 0.3) is 5.69 Å². The molecule has 1 saturated heterocycles. The van der Waals surface area contributed by atoms with Crippen molar-refractivity contribution in [2.75, 3.05) is 19.3 Å². The third-order valence-electron chi connectivity index (χ3n) is 5.20. The van der Waals surface area contributed by atoms with Gasteiger partial charge in [0.25, 0.3) is 0 Å². The Balaban J connectivity index is 1.48. The zero-order valence-corrected chi connectivity index (χ0v) is 16.7. The first-order chi connectivity index (χ1) is 13.5. The average molecular weight is 397 g/mol. The lowest BCUT2D eigenvalue weighted by Gasteiger charge is -2.33. The van der Waals surface area contributed by atoms with Crippen LogP contribution in [-0.2, 0) is 16.4 Å². The molecule has 1 unspecified atom stereocenters. The molecular formula is C21H24N4O2S. The molecule has 0 spiro atoms. The van der Waals surface area contributed by atoms with Gasteiger partial charge in [0.05, 0.1) is 16.3 Å². The van der Waals surface area contributed by atoms with Crippen LogP contribution in [0.2, 0.25) is 0 Å². The number of pyridine rings is 1. The summed E-state index contributed by atoms with van der Waals surface area (Å²) in [5, 5.41) is 4.25. The quantitative estimate of drug-likeness (QED) is 0.663. The summed E-state index contributed by atoms with van der Waals surface area (Å²) in [5.74, 6) is 0.142. The van der Waals surface area contributed by atoms with Crippen LogP contribution in [0.1, 0.15) is 30.0 Å². The minimum absolute atomic E-state index is 0.142. The van der Waals surface area contributed by atoms with E-state index in [1.807, 2.05) is 16.9 Å². The monoisotopic (exact) mass is 396 g/mol. The molecule has 0 aliphatic carbocycles. The van der Waals surface area contributed by atoms with E-state index >= 15 is 0 Å². The molecule has 0 bridgehead atoms. The summed E-state index contributed by atoms with van der Waals surface area (Å²) >= 11 is 0. The van der Waals surface area contributed by atoms with E-state index < -0.39 is 9.84 Å². The molecule has 4 rings (SSSR count). The van der Waals surface area contributed by atoms with E-state index in [0.717, 1.165) is 38.2 Å². The molecule has 0 amide bonds. The van der Waals surface area contributed by atoms with Crippen LogP contribution in [0.5, 0.6) is 0 Å². The third kappa shape index (κ3) is 4.15. The van der Waals surface area contributed by atoms with Gasteiger partial charge in [-0.25, -0.2) is 13.1 Å². The zero-order chi connectivity index (χ0) is 19.6. The van der Waals surface area contributed by atoms with E-state index in [0.29, 0.717) is 10.6 Å². The summed E-state index contributed by atoms with van der Waals surface area (Å²) in [4.78, 5) is 7.19. The Morgan fingerprint density at radius 3 is 2.64 bits per heavy atom. The number of nitrogens with zero attached hydrogens (tertiary/aromatic N) is 4. The van der Waals surface area contributed by atoms with Crippen molar-refractivity contribution < 1.29 is 8.42 Å². The smallest absolute Gasteiger partial charge is 0.177 e. The molecule has 1 aliphatic rings. The van der Waals surface area contributed by atoms with Crippen molar-refractivity contribution >= 4 is 9.84 Å². The minimum Gasteiger partial charge on any atom is -0.298 e. The summed E-state index contributed by atoms with van der Waals surface area (Å²) in [6.07, 6.45) is 8.65. The van der Waals surface area contributed by atoms with Crippen LogP contribution < -0.4 is 0 Å². The van der Waals surface area contributed by atoms with Crippen LogP contribution in [-0.4, -0.2) is 47.4 Å². The summed E-state index contributed by atoms with van der Waals surface area (Å²) in [6.45, 7) is 2.68. The fourth-order valence-electron chi connectivity index (χ4n) is 3.88. The van der Waals surface area contributed by atoms with Gasteiger partial charge < -0.3 is 0 Å². The Morgan fingerprint density at radius 1 is 1.11 bits per heavy atom. The fraction of sp³-hybridized carbons (Fsp3) is 0.333. The average Bonchev–Trinajstić information content (AvgIpc) is 3.23. The normalized spacial score (nSPS) is 18.2. The molecule has 146 valence electrons. The van der Waals surface area contributed by atoms with Gasteiger partial charge >= 0.3 is 0 Å². The molecule has 0 N–H and O–H groups in total. The molecule has 2 aromatic heterocycles. The van der Waals surface area contributed by atoms with Gasteiger partial charge in [-0.2, -0.15) is 5.10 Å². The number of hydrogen-bond donors (Lipinski definition) is 0. The van der Waals surface area contributed by atoms with E-state index in [1.54, 1.807) is 24.5 Å². The number of likely N-dealkylation sites (tertiary alicyclic amines) is 1. The van der Waals surface area contributed by atoms with Crippen molar-refractivity contribution in [3.05, 3.63) is 72.3 Å². The maximum absolute atomic E-state index is 12.1. The highest BCUT2D eigenvalue weighted by molar-refractivity contribution is 7.90. The predicted molar refractivity (Wildman–Crippen MR) is 108 cm³/mol. The first kappa shape index (κ1) is 18.8. The van der Waals surface area contributed by atoms with Gasteiger partial charge in [-0.15, -0.1) is 0 Å². The van der Waals surface area contributed by atoms with Crippen LogP contribution >= 0.6 is 0 Å². The number of hydrogen-bond acceptors (Lipinski definition) is 5. The minimum atomic E-state index is -3.27. The molecule has 1 aromatic carbocycles. The van der Waals surface area contributed by atoms with Gasteiger partial charge in [-0.3, -0.25) is 9.88 Å². The highest BCUT2D eigenvalue weighted by atomic mass is 32.2. The Morgan fingerprint density at radius 2 is 1.93 bits per heavy atom. The van der Waals surface area contributed by atoms with E-state index in [4.69, 9.17) is 0 Å². The zero-order valence-electron chi connectivity index (χ0n) is 15.9. The molecule has 3 aromatic rings. The van der Waals surface area contributed by atoms with Gasteiger partial charge in [-0.1, -0.05) is 12.1 Å². The summed E-state index contributed by atoms with van der Waals surface area (Å²) in [5.41, 5.74) is 2.99. The standard InChI is InChI=1S/C21H24N4O2S/c1-28(26,27)20-6-2-11-22-21(20)18-5-3-13-24(16-18)15-17-7-9-19(10-8-17)25-14-4-12-23-25/h2,4,6-12,14,18H,3,5,13,15-16H2,1H3. The van der Waals surface area contributed by atoms with Crippen molar-refractivity contribution in [2.24, 2.45) is 0 Å². The van der Waals surface area contributed by atoms with Crippen LogP contribution in [0.4, 0.5) is 0 Å². The predicted octanol–water partition coefficient (Wildman–Crippen LogP) is 3.05. The molecule has 3 heterocycles. The number of rotatable bonds is 5. The second kappa shape index (κ2) is 7.85. The lowest BCUT2D eigenvalue weighted by atomic mass is 9.94. The van der Waals surface area contributed by atoms with Crippen LogP contribution in [0.3, 0.4) is 0 Å². The molecule has 7 heteroatoms. The van der Waals surface area contributed by atoms with Crippen molar-refractivity contribution in [1.82, 2.24) is 19.7 Å². The Bertz CT molecular complexity index is 1030. The lowest BCUT2D eigenvalue weighted by molar-refractivity contribution is 0.197. The lowest BCUT2D eigenvalue weighted by Crippen LogP contribution is -2.34. The van der Waals surface area contributed by atoms with Gasteiger partial charge in [0.15, 0.2) is 9.84 Å². The van der Waals surface area contributed by atoms with Crippen molar-refractivity contribution in [2.45, 2.75) is 30.2 Å². The summed E-state index contributed by atoms with van der Waals surface area (Å²) < 4.78 is 26.1. The Kier molecular flexibility index (Phi) is 5.28. The molecule has 1 atom stereocenters. The van der Waals surface area contributed by atoms with E-state index in [2.05, 4.69) is 39.2 Å². The van der Waals surface area contributed by atoms with E-state index in [9.17, 15) is 8.42 Å². The van der Waals surface area contributed by atoms with Gasteiger partial charge in [-0.05, 0) is 55.3 Å². The SMILES string of the molecule is CS(=O)(=O)c1cccnc1C1CCCN(Cc2ccc(-n3cccn3)cc2)C1. The molecule has 6 nitrogen and oxygen atoms in total. The molecule has 0 radical (unpaired) electrons. The number of benzene rings is 1. The van der Waals surface area contributed by atoms with E-state index in [1.165, 1.54) is 11.8 Å². The van der Waals surface area contributed by atoms with Crippen molar-refractivity contribution in [3.63, 3.8) is 0 Å². The van der Waals surface area contributed by atoms with Gasteiger partial charge in [0, 0.05) is 43.9 Å². The number of aromatic nitrogens is 3. The second-order valence-electron chi connectivity index (χ2n) is 7.35. The van der Waals surface area contributed by atoms with Gasteiger partial charge in [0.2, 0.25) is 0 Å². The summed E-state index contributed by atoms with van der Waals surface area (Å²) in [7, 11) is -3.27. The van der Waals surface area contributed by atoms with Crippen molar-refractivity contribution in [1.29, 1.82) is 0 Å². The third-order valence-corrected chi connectivity index (χ3v) is 6.35. The maximum atomic E-state index is 12.1. The first-order valence-electron chi connectivity index (χ1n) is 9.47. The topological polar surface area (TPSA) is 68.1 Å². The van der Waals surface area contributed by atoms with E-state index in [-0.39, 0.29) is 5.92 Å². The largest absolute Gasteiger partial charge is 0.298 e. The molecular weight excluding hydrogens is 372 g/mol. The number of piperidine rings is 1. The fourth-order valence-corrected chi connectivity index (χ4v) is 4.80. The number of sulfone groups is 1. The van der Waals surface area contributed by atoms with Crippen LogP contribution in [0.15, 0.2) is 66.0 Å². The molecule has 1 aliphatic heterocycles. The summed E-state index contributed by atoms with van der Waals surface area (Å²) in [6, 6.07) is 13.7. The Hall–Kier alpha value is -2.51. The molecule has 1 fully saturated rings. The first-order valence-corrected chi connectivity index (χ1v) is 11.4. The maximum Gasteiger partial charge on any atom is 0.177 e.